The number of ether oxygens (including phenoxy) is 3. The minimum atomic E-state index is -0.228. The number of rotatable bonds is 11. The largest absolute Gasteiger partial charge is 0.466 e. The number of carbonyl (C=O) groups is 2. The molecule has 30 heavy (non-hydrogen) atoms. The Bertz CT molecular complexity index is 556. The molecule has 0 aromatic heterocycles. The van der Waals surface area contributed by atoms with Gasteiger partial charge in [-0.3, -0.25) is 9.59 Å². The number of unbranched alkanes of at least 4 members (excludes halogenated alkanes) is 7. The maximum absolute atomic E-state index is 11.4. The highest BCUT2D eigenvalue weighted by Gasteiger charge is 2.31. The summed E-state index contributed by atoms with van der Waals surface area (Å²) in [6, 6.07) is 0. The van der Waals surface area contributed by atoms with Crippen molar-refractivity contribution in [2.45, 2.75) is 102 Å². The second-order valence-electron chi connectivity index (χ2n) is 8.41. The molecule has 2 N–H and O–H groups in total. The number of ketones is 1. The lowest BCUT2D eigenvalue weighted by Crippen LogP contribution is -2.44. The third-order valence-corrected chi connectivity index (χ3v) is 5.66. The first-order chi connectivity index (χ1) is 14.5. The fourth-order valence-electron chi connectivity index (χ4n) is 3.80. The molecule has 0 bridgehead atoms. The van der Waals surface area contributed by atoms with Gasteiger partial charge in [0, 0.05) is 13.0 Å². The van der Waals surface area contributed by atoms with Gasteiger partial charge in [0.25, 0.3) is 0 Å². The van der Waals surface area contributed by atoms with Crippen LogP contribution in [0.4, 0.5) is 0 Å². The first-order valence-corrected chi connectivity index (χ1v) is 11.7. The molecule has 0 amide bonds. The normalized spacial score (nSPS) is 23.7. The standard InChI is InChI=1S/C15H29NO3.C9H10O2/c1-2-3-4-5-6-7-8-9-10-18-15(17)12-13-11-14(16)19-13;10-8-2-5-9(6-3-8)4-1-7-11-9/h13-14H,2-12,16H2,1H3;2-3,5-6H,1,4,7H2. The zero-order valence-electron chi connectivity index (χ0n) is 18.5. The predicted octanol–water partition coefficient (Wildman–Crippen LogP) is 4.36. The summed E-state index contributed by atoms with van der Waals surface area (Å²) < 4.78 is 15.9. The van der Waals surface area contributed by atoms with Crippen LogP contribution in [0.2, 0.25) is 0 Å². The summed E-state index contributed by atoms with van der Waals surface area (Å²) in [6.07, 6.45) is 20.0. The first-order valence-electron chi connectivity index (χ1n) is 11.7. The SMILES string of the molecule is CCCCCCCCCCOC(=O)CC1CC(N)O1.O=C1C=CC2(C=C1)CCCO2. The molecule has 2 fully saturated rings. The first kappa shape index (κ1) is 24.8. The van der Waals surface area contributed by atoms with E-state index in [1.807, 2.05) is 12.2 Å². The van der Waals surface area contributed by atoms with Gasteiger partial charge in [-0.1, -0.05) is 51.9 Å². The minimum absolute atomic E-state index is 0.0129. The topological polar surface area (TPSA) is 87.9 Å². The van der Waals surface area contributed by atoms with E-state index in [0.717, 1.165) is 38.7 Å². The molecule has 1 aliphatic carbocycles. The summed E-state index contributed by atoms with van der Waals surface area (Å²) >= 11 is 0. The van der Waals surface area contributed by atoms with Gasteiger partial charge < -0.3 is 19.9 Å². The van der Waals surface area contributed by atoms with Gasteiger partial charge in [0.15, 0.2) is 5.78 Å². The summed E-state index contributed by atoms with van der Waals surface area (Å²) in [5, 5.41) is 0. The molecule has 2 atom stereocenters. The lowest BCUT2D eigenvalue weighted by atomic mass is 9.95. The summed E-state index contributed by atoms with van der Waals surface area (Å²) in [6.45, 7) is 3.59. The van der Waals surface area contributed by atoms with E-state index in [1.54, 1.807) is 12.2 Å². The third-order valence-electron chi connectivity index (χ3n) is 5.66. The quantitative estimate of drug-likeness (QED) is 0.394. The van der Waals surface area contributed by atoms with Gasteiger partial charge in [-0.25, -0.2) is 0 Å². The molecule has 170 valence electrons. The van der Waals surface area contributed by atoms with Crippen LogP contribution in [0.5, 0.6) is 0 Å². The van der Waals surface area contributed by atoms with E-state index < -0.39 is 0 Å². The Hall–Kier alpha value is -1.50. The number of nitrogens with two attached hydrogens (primary N) is 1. The second kappa shape index (κ2) is 13.7. The molecule has 6 heteroatoms. The van der Waals surface area contributed by atoms with E-state index in [9.17, 15) is 9.59 Å². The van der Waals surface area contributed by atoms with Gasteiger partial charge in [0.05, 0.1) is 19.1 Å². The van der Waals surface area contributed by atoms with Gasteiger partial charge in [-0.15, -0.1) is 0 Å². The van der Waals surface area contributed by atoms with E-state index in [1.165, 1.54) is 38.5 Å². The smallest absolute Gasteiger partial charge is 0.308 e. The second-order valence-corrected chi connectivity index (χ2v) is 8.41. The van der Waals surface area contributed by atoms with Gasteiger partial charge >= 0.3 is 5.97 Å². The molecule has 1 spiro atoms. The van der Waals surface area contributed by atoms with Crippen molar-refractivity contribution in [2.24, 2.45) is 5.73 Å². The van der Waals surface area contributed by atoms with Crippen molar-refractivity contribution >= 4 is 11.8 Å². The van der Waals surface area contributed by atoms with Gasteiger partial charge in [-0.05, 0) is 43.6 Å². The molecule has 3 aliphatic rings. The highest BCUT2D eigenvalue weighted by molar-refractivity contribution is 6.00. The van der Waals surface area contributed by atoms with Crippen molar-refractivity contribution in [2.75, 3.05) is 13.2 Å². The lowest BCUT2D eigenvalue weighted by molar-refractivity contribution is -0.160. The molecule has 2 unspecified atom stereocenters. The molecular weight excluding hydrogens is 382 g/mol. The summed E-state index contributed by atoms with van der Waals surface area (Å²) in [5.41, 5.74) is 5.24. The minimum Gasteiger partial charge on any atom is -0.466 e. The Morgan fingerprint density at radius 1 is 1.13 bits per heavy atom. The highest BCUT2D eigenvalue weighted by atomic mass is 16.5. The lowest BCUT2D eigenvalue weighted by Gasteiger charge is -2.32. The van der Waals surface area contributed by atoms with Crippen LogP contribution in [0.3, 0.4) is 0 Å². The van der Waals surface area contributed by atoms with Crippen LogP contribution in [-0.2, 0) is 23.8 Å². The van der Waals surface area contributed by atoms with Crippen LogP contribution in [-0.4, -0.2) is 42.9 Å². The monoisotopic (exact) mass is 421 g/mol. The van der Waals surface area contributed by atoms with Crippen molar-refractivity contribution in [3.63, 3.8) is 0 Å². The zero-order chi connectivity index (χ0) is 21.7. The van der Waals surface area contributed by atoms with Crippen molar-refractivity contribution in [1.29, 1.82) is 0 Å². The molecule has 6 nitrogen and oxygen atoms in total. The number of hydrogen-bond acceptors (Lipinski definition) is 6. The Kier molecular flexibility index (Phi) is 11.3. The van der Waals surface area contributed by atoms with Crippen LogP contribution in [0.25, 0.3) is 0 Å². The zero-order valence-corrected chi connectivity index (χ0v) is 18.5. The molecule has 0 aromatic rings. The summed E-state index contributed by atoms with van der Waals surface area (Å²) in [7, 11) is 0. The maximum Gasteiger partial charge on any atom is 0.308 e. The van der Waals surface area contributed by atoms with Crippen molar-refractivity contribution in [3.05, 3.63) is 24.3 Å². The Morgan fingerprint density at radius 2 is 1.77 bits per heavy atom. The number of carbonyl (C=O) groups excluding carboxylic acids is 2. The van der Waals surface area contributed by atoms with Crippen molar-refractivity contribution in [1.82, 2.24) is 0 Å². The van der Waals surface area contributed by atoms with Gasteiger partial charge in [0.2, 0.25) is 0 Å². The molecule has 0 aromatic carbocycles. The Morgan fingerprint density at radius 3 is 2.33 bits per heavy atom. The number of hydrogen-bond donors (Lipinski definition) is 1. The molecule has 2 saturated heterocycles. The van der Waals surface area contributed by atoms with E-state index in [0.29, 0.717) is 13.0 Å². The van der Waals surface area contributed by atoms with E-state index in [-0.39, 0.29) is 29.7 Å². The van der Waals surface area contributed by atoms with Crippen LogP contribution in [0.1, 0.15) is 84.0 Å². The molecule has 2 aliphatic heterocycles. The van der Waals surface area contributed by atoms with E-state index >= 15 is 0 Å². The number of allylic oxidation sites excluding steroid dienone is 2. The average Bonchev–Trinajstić information content (AvgIpc) is 3.17. The molecule has 0 radical (unpaired) electrons. The van der Waals surface area contributed by atoms with Crippen LogP contribution in [0, 0.1) is 0 Å². The summed E-state index contributed by atoms with van der Waals surface area (Å²) in [4.78, 5) is 22.2. The molecule has 0 saturated carbocycles. The van der Waals surface area contributed by atoms with Crippen molar-refractivity contribution in [3.8, 4) is 0 Å². The Balaban J connectivity index is 0.000000244. The highest BCUT2D eigenvalue weighted by Crippen LogP contribution is 2.30. The molecule has 2 heterocycles. The molecular formula is C24H39NO5. The number of esters is 1. The van der Waals surface area contributed by atoms with Crippen molar-refractivity contribution < 1.29 is 23.8 Å². The van der Waals surface area contributed by atoms with Gasteiger partial charge in [0.1, 0.15) is 11.8 Å². The predicted molar refractivity (Wildman–Crippen MR) is 117 cm³/mol. The van der Waals surface area contributed by atoms with Crippen LogP contribution >= 0.6 is 0 Å². The average molecular weight is 422 g/mol. The fraction of sp³-hybridized carbons (Fsp3) is 0.750. The maximum atomic E-state index is 11.4. The molecule has 3 rings (SSSR count). The van der Waals surface area contributed by atoms with E-state index in [2.05, 4.69) is 6.92 Å². The fourth-order valence-corrected chi connectivity index (χ4v) is 3.80. The van der Waals surface area contributed by atoms with E-state index in [4.69, 9.17) is 19.9 Å². The van der Waals surface area contributed by atoms with Crippen LogP contribution < -0.4 is 5.73 Å². The van der Waals surface area contributed by atoms with Crippen LogP contribution in [0.15, 0.2) is 24.3 Å². The summed E-state index contributed by atoms with van der Waals surface area (Å²) in [5.74, 6) is -0.0917. The third kappa shape index (κ3) is 9.54. The van der Waals surface area contributed by atoms with Gasteiger partial charge in [-0.2, -0.15) is 0 Å². The Labute approximate surface area is 181 Å².